The Labute approximate surface area is 118 Å². The molecule has 20 heavy (non-hydrogen) atoms. The number of amides is 1. The normalized spacial score (nSPS) is 10.9. The van der Waals surface area contributed by atoms with Gasteiger partial charge >= 0.3 is 0 Å². The summed E-state index contributed by atoms with van der Waals surface area (Å²) >= 11 is 1.15. The Bertz CT molecular complexity index is 607. The second kappa shape index (κ2) is 7.28. The Kier molecular flexibility index (Phi) is 5.71. The molecule has 0 saturated carbocycles. The highest BCUT2D eigenvalue weighted by Gasteiger charge is 2.15. The number of nitrogens with zero attached hydrogens (tertiary/aromatic N) is 2. The van der Waals surface area contributed by atoms with Gasteiger partial charge in [-0.3, -0.25) is 14.9 Å². The van der Waals surface area contributed by atoms with E-state index in [0.29, 0.717) is 16.2 Å². The van der Waals surface area contributed by atoms with Crippen LogP contribution in [0.3, 0.4) is 0 Å². The number of carbonyl (C=O) groups is 1. The van der Waals surface area contributed by atoms with Crippen LogP contribution in [0.2, 0.25) is 0 Å². The molecule has 0 aliphatic heterocycles. The molecule has 0 fully saturated rings. The summed E-state index contributed by atoms with van der Waals surface area (Å²) in [4.78, 5) is 21.7. The molecular formula is C12H11N3O4S. The Balaban J connectivity index is 3.20. The van der Waals surface area contributed by atoms with E-state index in [1.54, 1.807) is 6.07 Å². The molecule has 0 heterocycles. The smallest absolute Gasteiger partial charge is 0.283 e. The maximum Gasteiger partial charge on any atom is 0.283 e. The molecule has 1 aromatic carbocycles. The summed E-state index contributed by atoms with van der Waals surface area (Å²) in [6.07, 6.45) is 1.19. The first kappa shape index (κ1) is 15.7. The zero-order valence-corrected chi connectivity index (χ0v) is 11.1. The molecule has 0 atom stereocenters. The monoisotopic (exact) mass is 293 g/mol. The van der Waals surface area contributed by atoms with Crippen LogP contribution in [-0.2, 0) is 4.79 Å². The average molecular weight is 293 g/mol. The van der Waals surface area contributed by atoms with Gasteiger partial charge in [-0.15, -0.1) is 11.8 Å². The van der Waals surface area contributed by atoms with Crippen molar-refractivity contribution in [1.29, 1.82) is 5.26 Å². The third-order valence-electron chi connectivity index (χ3n) is 2.23. The highest BCUT2D eigenvalue weighted by molar-refractivity contribution is 7.99. The van der Waals surface area contributed by atoms with Crippen LogP contribution in [0.25, 0.3) is 6.08 Å². The van der Waals surface area contributed by atoms with E-state index in [9.17, 15) is 14.9 Å². The van der Waals surface area contributed by atoms with Gasteiger partial charge in [0, 0.05) is 11.8 Å². The number of aliphatic hydroxyl groups excluding tert-OH is 1. The molecule has 104 valence electrons. The molecule has 0 saturated heterocycles. The van der Waals surface area contributed by atoms with Crippen molar-refractivity contribution < 1.29 is 14.8 Å². The molecular weight excluding hydrogens is 282 g/mol. The van der Waals surface area contributed by atoms with Gasteiger partial charge in [-0.2, -0.15) is 5.26 Å². The number of aliphatic hydroxyl groups is 1. The SMILES string of the molecule is N#C/C(=C/c1ccc(SCCO)c([N+](=O)[O-])c1)C(N)=O. The van der Waals surface area contributed by atoms with Crippen LogP contribution < -0.4 is 5.73 Å². The molecule has 0 aliphatic rings. The van der Waals surface area contributed by atoms with Crippen LogP contribution in [0.4, 0.5) is 5.69 Å². The van der Waals surface area contributed by atoms with Crippen LogP contribution in [0.15, 0.2) is 28.7 Å². The van der Waals surface area contributed by atoms with E-state index in [0.717, 1.165) is 11.8 Å². The zero-order valence-electron chi connectivity index (χ0n) is 10.3. The van der Waals surface area contributed by atoms with Crippen LogP contribution in [-0.4, -0.2) is 28.3 Å². The minimum Gasteiger partial charge on any atom is -0.396 e. The number of hydrogen-bond acceptors (Lipinski definition) is 6. The van der Waals surface area contributed by atoms with Gasteiger partial charge in [0.15, 0.2) is 0 Å². The van der Waals surface area contributed by atoms with Gasteiger partial charge in [0.2, 0.25) is 0 Å². The third kappa shape index (κ3) is 4.08. The Morgan fingerprint density at radius 3 is 2.80 bits per heavy atom. The minimum atomic E-state index is -0.895. The predicted octanol–water partition coefficient (Wildman–Crippen LogP) is 1.07. The van der Waals surface area contributed by atoms with Gasteiger partial charge in [-0.1, -0.05) is 6.07 Å². The van der Waals surface area contributed by atoms with Gasteiger partial charge in [0.1, 0.15) is 11.6 Å². The molecule has 1 amide bonds. The quantitative estimate of drug-likeness (QED) is 0.265. The lowest BCUT2D eigenvalue weighted by molar-refractivity contribution is -0.387. The maximum atomic E-state index is 11.0. The molecule has 1 aromatic rings. The van der Waals surface area contributed by atoms with E-state index in [1.807, 2.05) is 0 Å². The van der Waals surface area contributed by atoms with Crippen molar-refractivity contribution in [3.05, 3.63) is 39.4 Å². The minimum absolute atomic E-state index is 0.0935. The molecule has 8 heteroatoms. The number of thioether (sulfide) groups is 1. The standard InChI is InChI=1S/C12H11N3O4S/c13-7-9(12(14)17)5-8-1-2-11(20-4-3-16)10(6-8)15(18)19/h1-2,5-6,16H,3-4H2,(H2,14,17)/b9-5-. The summed E-state index contributed by atoms with van der Waals surface area (Å²) < 4.78 is 0. The van der Waals surface area contributed by atoms with Gasteiger partial charge in [0.25, 0.3) is 11.6 Å². The molecule has 0 spiro atoms. The zero-order chi connectivity index (χ0) is 15.1. The topological polar surface area (TPSA) is 130 Å². The molecule has 7 nitrogen and oxygen atoms in total. The van der Waals surface area contributed by atoms with E-state index in [1.165, 1.54) is 24.3 Å². The molecule has 0 unspecified atom stereocenters. The molecule has 0 aromatic heterocycles. The average Bonchev–Trinajstić information content (AvgIpc) is 2.42. The van der Waals surface area contributed by atoms with Crippen LogP contribution in [0, 0.1) is 21.4 Å². The van der Waals surface area contributed by atoms with Crippen molar-refractivity contribution in [3.8, 4) is 6.07 Å². The van der Waals surface area contributed by atoms with Crippen molar-refractivity contribution in [2.24, 2.45) is 5.73 Å². The van der Waals surface area contributed by atoms with Crippen LogP contribution in [0.5, 0.6) is 0 Å². The number of carbonyl (C=O) groups excluding carboxylic acids is 1. The summed E-state index contributed by atoms with van der Waals surface area (Å²) in [7, 11) is 0. The van der Waals surface area contributed by atoms with E-state index >= 15 is 0 Å². The summed E-state index contributed by atoms with van der Waals surface area (Å²) in [6, 6.07) is 5.91. The van der Waals surface area contributed by atoms with Crippen molar-refractivity contribution in [3.63, 3.8) is 0 Å². The highest BCUT2D eigenvalue weighted by atomic mass is 32.2. The van der Waals surface area contributed by atoms with Crippen molar-refractivity contribution in [2.45, 2.75) is 4.90 Å². The third-order valence-corrected chi connectivity index (χ3v) is 3.27. The molecule has 0 bridgehead atoms. The fraction of sp³-hybridized carbons (Fsp3) is 0.167. The second-order valence-electron chi connectivity index (χ2n) is 3.59. The summed E-state index contributed by atoms with van der Waals surface area (Å²) in [5.41, 5.74) is 4.89. The first-order chi connectivity index (χ1) is 9.49. The van der Waals surface area contributed by atoms with Crippen molar-refractivity contribution >= 4 is 29.4 Å². The number of nitrogens with two attached hydrogens (primary N) is 1. The fourth-order valence-corrected chi connectivity index (χ4v) is 2.13. The number of rotatable bonds is 6. The van der Waals surface area contributed by atoms with E-state index in [2.05, 4.69) is 0 Å². The first-order valence-electron chi connectivity index (χ1n) is 5.43. The first-order valence-corrected chi connectivity index (χ1v) is 6.42. The van der Waals surface area contributed by atoms with Crippen molar-refractivity contribution in [1.82, 2.24) is 0 Å². The van der Waals surface area contributed by atoms with Crippen LogP contribution in [0.1, 0.15) is 5.56 Å². The second-order valence-corrected chi connectivity index (χ2v) is 4.73. The van der Waals surface area contributed by atoms with E-state index in [4.69, 9.17) is 16.1 Å². The lowest BCUT2D eigenvalue weighted by atomic mass is 10.1. The van der Waals surface area contributed by atoms with Crippen LogP contribution >= 0.6 is 11.8 Å². The Morgan fingerprint density at radius 1 is 1.60 bits per heavy atom. The molecule has 0 aliphatic carbocycles. The summed E-state index contributed by atoms with van der Waals surface area (Å²) in [5.74, 6) is -0.560. The van der Waals surface area contributed by atoms with Crippen molar-refractivity contribution in [2.75, 3.05) is 12.4 Å². The van der Waals surface area contributed by atoms with Gasteiger partial charge in [0.05, 0.1) is 16.4 Å². The summed E-state index contributed by atoms with van der Waals surface area (Å²) in [6.45, 7) is -0.0935. The fourth-order valence-electron chi connectivity index (χ4n) is 1.37. The number of benzene rings is 1. The summed E-state index contributed by atoms with van der Waals surface area (Å²) in [5, 5.41) is 28.4. The highest BCUT2D eigenvalue weighted by Crippen LogP contribution is 2.30. The lowest BCUT2D eigenvalue weighted by Crippen LogP contribution is -2.12. The lowest BCUT2D eigenvalue weighted by Gasteiger charge is -2.03. The molecule has 1 rings (SSSR count). The number of nitro benzene ring substituents is 1. The number of hydrogen-bond donors (Lipinski definition) is 2. The molecule has 0 radical (unpaired) electrons. The number of primary amides is 1. The van der Waals surface area contributed by atoms with E-state index in [-0.39, 0.29) is 17.9 Å². The number of nitriles is 1. The Hall–Kier alpha value is -2.37. The van der Waals surface area contributed by atoms with E-state index < -0.39 is 10.8 Å². The van der Waals surface area contributed by atoms with Gasteiger partial charge < -0.3 is 10.8 Å². The van der Waals surface area contributed by atoms with Gasteiger partial charge in [-0.25, -0.2) is 0 Å². The van der Waals surface area contributed by atoms with Gasteiger partial charge in [-0.05, 0) is 17.7 Å². The maximum absolute atomic E-state index is 11.0. The predicted molar refractivity (Wildman–Crippen MR) is 73.7 cm³/mol. The Morgan fingerprint density at radius 2 is 2.30 bits per heavy atom. The molecule has 3 N–H and O–H groups in total. The number of nitro groups is 1. The largest absolute Gasteiger partial charge is 0.396 e.